The fourth-order valence-electron chi connectivity index (χ4n) is 2.86. The molecule has 0 saturated heterocycles. The Bertz CT molecular complexity index is 1310. The number of halogens is 3. The summed E-state index contributed by atoms with van der Waals surface area (Å²) in [6.45, 7) is 1.33. The van der Waals surface area contributed by atoms with Crippen LogP contribution < -0.4 is 15.4 Å². The van der Waals surface area contributed by atoms with Crippen molar-refractivity contribution in [2.45, 2.75) is 18.0 Å². The zero-order chi connectivity index (χ0) is 24.2. The van der Waals surface area contributed by atoms with Crippen LogP contribution in [0.15, 0.2) is 77.7 Å². The third-order valence-corrected chi connectivity index (χ3v) is 5.67. The van der Waals surface area contributed by atoms with Gasteiger partial charge in [-0.3, -0.25) is 14.3 Å². The van der Waals surface area contributed by atoms with Gasteiger partial charge < -0.3 is 10.6 Å². The smallest absolute Gasteiger partial charge is 0.326 e. The average molecular weight is 477 g/mol. The first-order chi connectivity index (χ1) is 15.4. The van der Waals surface area contributed by atoms with Crippen LogP contribution in [0.1, 0.15) is 22.8 Å². The van der Waals surface area contributed by atoms with Crippen LogP contribution in [0.4, 0.5) is 30.2 Å². The Hall–Kier alpha value is -3.86. The molecule has 3 aromatic rings. The molecule has 3 rings (SSSR count). The SMILES string of the molecule is CC(=O)Nc1cccc(C(=O)Nc2cccc(S(=O)(=O)Nc3cccc(C(F)(F)F)c3)c2)c1. The summed E-state index contributed by atoms with van der Waals surface area (Å²) in [6.07, 6.45) is -4.62. The van der Waals surface area contributed by atoms with E-state index in [2.05, 4.69) is 15.4 Å². The van der Waals surface area contributed by atoms with Crippen LogP contribution in [0.25, 0.3) is 0 Å². The highest BCUT2D eigenvalue weighted by atomic mass is 32.2. The van der Waals surface area contributed by atoms with Gasteiger partial charge in [0.15, 0.2) is 0 Å². The molecule has 0 aliphatic rings. The number of hydrogen-bond donors (Lipinski definition) is 3. The Morgan fingerprint density at radius 1 is 0.788 bits per heavy atom. The maximum Gasteiger partial charge on any atom is 0.416 e. The number of benzene rings is 3. The lowest BCUT2D eigenvalue weighted by molar-refractivity contribution is -0.137. The number of carbonyl (C=O) groups is 2. The van der Waals surface area contributed by atoms with Crippen molar-refractivity contribution in [2.24, 2.45) is 0 Å². The van der Waals surface area contributed by atoms with Gasteiger partial charge in [-0.25, -0.2) is 8.42 Å². The van der Waals surface area contributed by atoms with E-state index in [0.29, 0.717) is 11.8 Å². The Morgan fingerprint density at radius 3 is 2.06 bits per heavy atom. The normalized spacial score (nSPS) is 11.5. The number of sulfonamides is 1. The van der Waals surface area contributed by atoms with Gasteiger partial charge in [0.1, 0.15) is 0 Å². The van der Waals surface area contributed by atoms with Gasteiger partial charge in [0.2, 0.25) is 5.91 Å². The summed E-state index contributed by atoms with van der Waals surface area (Å²) in [4.78, 5) is 23.5. The predicted octanol–water partition coefficient (Wildman–Crippen LogP) is 4.72. The molecule has 172 valence electrons. The first-order valence-corrected chi connectivity index (χ1v) is 10.9. The van der Waals surface area contributed by atoms with Crippen molar-refractivity contribution < 1.29 is 31.2 Å². The van der Waals surface area contributed by atoms with Gasteiger partial charge in [-0.2, -0.15) is 13.2 Å². The molecule has 0 heterocycles. The third-order valence-electron chi connectivity index (χ3n) is 4.29. The Balaban J connectivity index is 1.79. The molecule has 0 saturated carbocycles. The highest BCUT2D eigenvalue weighted by Crippen LogP contribution is 2.31. The first kappa shape index (κ1) is 23.8. The minimum atomic E-state index is -4.62. The van der Waals surface area contributed by atoms with E-state index in [1.807, 2.05) is 0 Å². The van der Waals surface area contributed by atoms with Gasteiger partial charge in [-0.05, 0) is 54.6 Å². The molecule has 0 aliphatic heterocycles. The van der Waals surface area contributed by atoms with Crippen molar-refractivity contribution >= 4 is 38.9 Å². The standard InChI is InChI=1S/C22H18F3N3O4S/c1-14(29)26-17-7-2-5-15(11-17)21(30)27-18-8-4-10-20(13-18)33(31,32)28-19-9-3-6-16(12-19)22(23,24)25/h2-13,28H,1H3,(H,26,29)(H,27,30). The van der Waals surface area contributed by atoms with Crippen molar-refractivity contribution in [3.8, 4) is 0 Å². The zero-order valence-electron chi connectivity index (χ0n) is 17.1. The van der Waals surface area contributed by atoms with Crippen molar-refractivity contribution in [1.29, 1.82) is 0 Å². The summed E-state index contributed by atoms with van der Waals surface area (Å²) < 4.78 is 66.1. The second-order valence-corrected chi connectivity index (χ2v) is 8.61. The third kappa shape index (κ3) is 6.32. The molecule has 0 atom stereocenters. The molecule has 0 unspecified atom stereocenters. The highest BCUT2D eigenvalue weighted by Gasteiger charge is 2.30. The lowest BCUT2D eigenvalue weighted by Gasteiger charge is -2.12. The second-order valence-electron chi connectivity index (χ2n) is 6.93. The van der Waals surface area contributed by atoms with E-state index >= 15 is 0 Å². The number of hydrogen-bond acceptors (Lipinski definition) is 4. The molecule has 3 N–H and O–H groups in total. The fraction of sp³-hybridized carbons (Fsp3) is 0.0909. The quantitative estimate of drug-likeness (QED) is 0.478. The van der Waals surface area contributed by atoms with Crippen LogP contribution in [0, 0.1) is 0 Å². The van der Waals surface area contributed by atoms with Gasteiger partial charge in [-0.1, -0.05) is 18.2 Å². The van der Waals surface area contributed by atoms with E-state index < -0.39 is 27.7 Å². The summed E-state index contributed by atoms with van der Waals surface area (Å²) in [5.41, 5.74) is -0.468. The number of anilines is 3. The number of alkyl halides is 3. The molecular weight excluding hydrogens is 459 g/mol. The summed E-state index contributed by atoms with van der Waals surface area (Å²) in [7, 11) is -4.23. The summed E-state index contributed by atoms with van der Waals surface area (Å²) in [5.74, 6) is -0.860. The van der Waals surface area contributed by atoms with Crippen LogP contribution >= 0.6 is 0 Å². The molecule has 7 nitrogen and oxygen atoms in total. The van der Waals surface area contributed by atoms with Crippen molar-refractivity contribution in [2.75, 3.05) is 15.4 Å². The number of nitrogens with one attached hydrogen (secondary N) is 3. The Labute approximate surface area is 187 Å². The fourth-order valence-corrected chi connectivity index (χ4v) is 3.95. The highest BCUT2D eigenvalue weighted by molar-refractivity contribution is 7.92. The van der Waals surface area contributed by atoms with Crippen molar-refractivity contribution in [3.63, 3.8) is 0 Å². The molecule has 11 heteroatoms. The maximum absolute atomic E-state index is 12.9. The number of amides is 2. The van der Waals surface area contributed by atoms with Gasteiger partial charge in [0.25, 0.3) is 15.9 Å². The monoisotopic (exact) mass is 477 g/mol. The molecule has 0 aliphatic carbocycles. The predicted molar refractivity (Wildman–Crippen MR) is 117 cm³/mol. The molecule has 0 radical (unpaired) electrons. The van der Waals surface area contributed by atoms with Crippen LogP contribution in [0.3, 0.4) is 0 Å². The van der Waals surface area contributed by atoms with E-state index in [9.17, 15) is 31.2 Å². The molecular formula is C22H18F3N3O4S. The first-order valence-electron chi connectivity index (χ1n) is 9.43. The molecule has 0 aromatic heterocycles. The minimum Gasteiger partial charge on any atom is -0.326 e. The lowest BCUT2D eigenvalue weighted by Crippen LogP contribution is -2.16. The van der Waals surface area contributed by atoms with Crippen molar-refractivity contribution in [1.82, 2.24) is 0 Å². The van der Waals surface area contributed by atoms with E-state index in [4.69, 9.17) is 0 Å². The van der Waals surface area contributed by atoms with Gasteiger partial charge in [-0.15, -0.1) is 0 Å². The summed E-state index contributed by atoms with van der Waals surface area (Å²) >= 11 is 0. The maximum atomic E-state index is 12.9. The molecule has 0 spiro atoms. The van der Waals surface area contributed by atoms with E-state index in [1.165, 1.54) is 49.4 Å². The largest absolute Gasteiger partial charge is 0.416 e. The average Bonchev–Trinajstić information content (AvgIpc) is 2.73. The molecule has 0 bridgehead atoms. The van der Waals surface area contributed by atoms with E-state index in [-0.39, 0.29) is 27.7 Å². The molecule has 0 fully saturated rings. The van der Waals surface area contributed by atoms with E-state index in [0.717, 1.165) is 12.1 Å². The Kier molecular flexibility index (Phi) is 6.73. The summed E-state index contributed by atoms with van der Waals surface area (Å²) in [6, 6.07) is 15.2. The van der Waals surface area contributed by atoms with Gasteiger partial charge in [0.05, 0.1) is 10.5 Å². The number of rotatable bonds is 6. The van der Waals surface area contributed by atoms with Crippen LogP contribution in [-0.2, 0) is 21.0 Å². The lowest BCUT2D eigenvalue weighted by atomic mass is 10.2. The zero-order valence-corrected chi connectivity index (χ0v) is 17.9. The molecule has 2 amide bonds. The second kappa shape index (κ2) is 9.33. The van der Waals surface area contributed by atoms with Crippen LogP contribution in [0.2, 0.25) is 0 Å². The van der Waals surface area contributed by atoms with Crippen molar-refractivity contribution in [3.05, 3.63) is 83.9 Å². The van der Waals surface area contributed by atoms with Gasteiger partial charge >= 0.3 is 6.18 Å². The minimum absolute atomic E-state index is 0.150. The topological polar surface area (TPSA) is 104 Å². The molecule has 33 heavy (non-hydrogen) atoms. The Morgan fingerprint density at radius 2 is 1.39 bits per heavy atom. The molecule has 3 aromatic carbocycles. The summed E-state index contributed by atoms with van der Waals surface area (Å²) in [5, 5.41) is 5.10. The van der Waals surface area contributed by atoms with Gasteiger partial charge in [0, 0.05) is 29.5 Å². The van der Waals surface area contributed by atoms with Crippen LogP contribution in [-0.4, -0.2) is 20.2 Å². The number of carbonyl (C=O) groups excluding carboxylic acids is 2. The van der Waals surface area contributed by atoms with Crippen LogP contribution in [0.5, 0.6) is 0 Å². The van der Waals surface area contributed by atoms with E-state index in [1.54, 1.807) is 12.1 Å².